The van der Waals surface area contributed by atoms with E-state index in [1.807, 2.05) is 35.1 Å². The van der Waals surface area contributed by atoms with Crippen LogP contribution in [0.5, 0.6) is 11.5 Å². The number of amides is 1. The number of anilines is 2. The number of rotatable bonds is 17. The van der Waals surface area contributed by atoms with Gasteiger partial charge >= 0.3 is 0 Å². The molecular weight excluding hydrogens is 642 g/mol. The SMILES string of the molecule is CCn1nc(C)cc1C(=O)Nc1nc2cc(C=O)cc(OC)c2n1C/C=C/Cn1c(NC)nc2cc(C=O)cc(OCCCOC3CNC3)c21. The van der Waals surface area contributed by atoms with E-state index >= 15 is 0 Å². The molecule has 4 heterocycles. The Bertz CT molecular complexity index is 2060. The van der Waals surface area contributed by atoms with Crippen molar-refractivity contribution in [2.45, 2.75) is 46.0 Å². The topological polar surface area (TPSA) is 168 Å². The molecule has 3 aromatic heterocycles. The molecular formula is C35H41N9O6. The summed E-state index contributed by atoms with van der Waals surface area (Å²) in [6.45, 7) is 7.74. The number of imidazole rings is 2. The summed E-state index contributed by atoms with van der Waals surface area (Å²) in [5, 5.41) is 13.7. The first-order chi connectivity index (χ1) is 24.4. The number of nitrogens with zero attached hydrogens (tertiary/aromatic N) is 6. The van der Waals surface area contributed by atoms with Crippen LogP contribution in [-0.4, -0.2) is 93.9 Å². The van der Waals surface area contributed by atoms with Gasteiger partial charge in [-0.05, 0) is 44.2 Å². The number of aryl methyl sites for hydroxylation is 2. The quantitative estimate of drug-likeness (QED) is 0.0740. The van der Waals surface area contributed by atoms with Crippen LogP contribution in [0.4, 0.5) is 11.9 Å². The molecule has 0 spiro atoms. The monoisotopic (exact) mass is 683 g/mol. The van der Waals surface area contributed by atoms with Crippen LogP contribution in [0.15, 0.2) is 42.5 Å². The molecule has 3 N–H and O–H groups in total. The lowest BCUT2D eigenvalue weighted by Crippen LogP contribution is -2.48. The van der Waals surface area contributed by atoms with Crippen LogP contribution in [0.2, 0.25) is 0 Å². The summed E-state index contributed by atoms with van der Waals surface area (Å²) in [5.41, 5.74) is 4.50. The van der Waals surface area contributed by atoms with Crippen LogP contribution in [-0.2, 0) is 24.4 Å². The Labute approximate surface area is 288 Å². The standard InChI is InChI=1S/C35H41N9O6/c1-5-44-28(13-22(2)41-44)33(47)40-35-39-26-14-23(20-45)16-29(48-4)31(26)43(35)10-7-6-9-42-32-27(38-34(42)36-3)15-24(21-46)17-30(32)50-12-8-11-49-25-18-37-19-25/h6-7,13-17,20-21,25,37H,5,8-12,18-19H2,1-4H3,(H,36,38)(H,39,40,47)/b7-6+. The first kappa shape index (κ1) is 34.3. The van der Waals surface area contributed by atoms with Gasteiger partial charge in [0, 0.05) is 57.3 Å². The smallest absolute Gasteiger partial charge is 0.276 e. The first-order valence-corrected chi connectivity index (χ1v) is 16.5. The molecule has 262 valence electrons. The Morgan fingerprint density at radius 2 is 1.58 bits per heavy atom. The maximum Gasteiger partial charge on any atom is 0.276 e. The lowest BCUT2D eigenvalue weighted by molar-refractivity contribution is 0.0136. The molecule has 0 unspecified atom stereocenters. The lowest BCUT2D eigenvalue weighted by atomic mass is 10.2. The molecule has 5 aromatic rings. The predicted octanol–water partition coefficient (Wildman–Crippen LogP) is 3.85. The number of nitrogens with one attached hydrogen (secondary N) is 3. The van der Waals surface area contributed by atoms with Gasteiger partial charge in [0.1, 0.15) is 40.8 Å². The molecule has 0 saturated carbocycles. The summed E-state index contributed by atoms with van der Waals surface area (Å²) in [6.07, 6.45) is 6.39. The summed E-state index contributed by atoms with van der Waals surface area (Å²) >= 11 is 0. The van der Waals surface area contributed by atoms with E-state index in [1.54, 1.807) is 42.1 Å². The third-order valence-electron chi connectivity index (χ3n) is 8.42. The van der Waals surface area contributed by atoms with Crippen LogP contribution in [0.1, 0.15) is 50.2 Å². The highest BCUT2D eigenvalue weighted by molar-refractivity contribution is 6.03. The van der Waals surface area contributed by atoms with E-state index in [1.165, 1.54) is 7.11 Å². The average Bonchev–Trinajstić information content (AvgIpc) is 3.78. The van der Waals surface area contributed by atoms with Crippen molar-refractivity contribution in [2.24, 2.45) is 0 Å². The Balaban J connectivity index is 1.28. The van der Waals surface area contributed by atoms with E-state index < -0.39 is 0 Å². The number of hydrogen-bond donors (Lipinski definition) is 3. The Kier molecular flexibility index (Phi) is 10.5. The number of carbonyl (C=O) groups is 3. The summed E-state index contributed by atoms with van der Waals surface area (Å²) in [6, 6.07) is 8.49. The van der Waals surface area contributed by atoms with E-state index in [4.69, 9.17) is 19.2 Å². The minimum Gasteiger partial charge on any atom is -0.494 e. The fourth-order valence-electron chi connectivity index (χ4n) is 5.91. The Hall–Kier alpha value is -5.54. The molecule has 0 aliphatic carbocycles. The maximum absolute atomic E-state index is 13.4. The fraction of sp³-hybridized carbons (Fsp3) is 0.371. The van der Waals surface area contributed by atoms with Gasteiger partial charge in [-0.3, -0.25) is 24.4 Å². The molecule has 6 rings (SSSR count). The largest absolute Gasteiger partial charge is 0.494 e. The van der Waals surface area contributed by atoms with Gasteiger partial charge in [-0.25, -0.2) is 9.97 Å². The van der Waals surface area contributed by atoms with Gasteiger partial charge in [0.25, 0.3) is 5.91 Å². The van der Waals surface area contributed by atoms with Crippen molar-refractivity contribution in [3.05, 3.63) is 65.0 Å². The minimum atomic E-state index is -0.361. The molecule has 50 heavy (non-hydrogen) atoms. The van der Waals surface area contributed by atoms with Gasteiger partial charge in [-0.15, -0.1) is 0 Å². The van der Waals surface area contributed by atoms with Gasteiger partial charge in [0.05, 0.1) is 43.2 Å². The summed E-state index contributed by atoms with van der Waals surface area (Å²) < 4.78 is 23.1. The summed E-state index contributed by atoms with van der Waals surface area (Å²) in [7, 11) is 3.31. The van der Waals surface area contributed by atoms with Gasteiger partial charge in [0.2, 0.25) is 11.9 Å². The minimum absolute atomic E-state index is 0.254. The average molecular weight is 684 g/mol. The third kappa shape index (κ3) is 7.09. The lowest BCUT2D eigenvalue weighted by Gasteiger charge is -2.27. The molecule has 1 aliphatic rings. The second-order valence-corrected chi connectivity index (χ2v) is 11.8. The van der Waals surface area contributed by atoms with Crippen molar-refractivity contribution < 1.29 is 28.6 Å². The molecule has 0 radical (unpaired) electrons. The van der Waals surface area contributed by atoms with E-state index in [0.29, 0.717) is 90.1 Å². The zero-order valence-electron chi connectivity index (χ0n) is 28.6. The number of carbonyl (C=O) groups excluding carboxylic acids is 3. The van der Waals surface area contributed by atoms with Gasteiger partial charge in [-0.1, -0.05) is 12.2 Å². The number of fused-ring (bicyclic) bond motifs is 2. The molecule has 1 fully saturated rings. The highest BCUT2D eigenvalue weighted by Gasteiger charge is 2.21. The second-order valence-electron chi connectivity index (χ2n) is 11.8. The fourth-order valence-corrected chi connectivity index (χ4v) is 5.91. The zero-order valence-corrected chi connectivity index (χ0v) is 28.6. The molecule has 0 atom stereocenters. The number of benzene rings is 2. The number of aromatic nitrogens is 6. The molecule has 1 aliphatic heterocycles. The Morgan fingerprint density at radius 3 is 2.18 bits per heavy atom. The first-order valence-electron chi connectivity index (χ1n) is 16.5. The summed E-state index contributed by atoms with van der Waals surface area (Å²) in [4.78, 5) is 46.3. The van der Waals surface area contributed by atoms with Crippen LogP contribution >= 0.6 is 0 Å². The van der Waals surface area contributed by atoms with Crippen molar-refractivity contribution in [1.82, 2.24) is 34.2 Å². The van der Waals surface area contributed by atoms with Gasteiger partial charge in [-0.2, -0.15) is 5.10 Å². The van der Waals surface area contributed by atoms with Crippen LogP contribution in [0, 0.1) is 6.92 Å². The van der Waals surface area contributed by atoms with E-state index in [2.05, 4.69) is 26.0 Å². The maximum atomic E-state index is 13.4. The molecule has 1 amide bonds. The van der Waals surface area contributed by atoms with Crippen LogP contribution < -0.4 is 25.4 Å². The van der Waals surface area contributed by atoms with Crippen molar-refractivity contribution in [2.75, 3.05) is 51.1 Å². The van der Waals surface area contributed by atoms with Crippen molar-refractivity contribution in [3.8, 4) is 11.5 Å². The van der Waals surface area contributed by atoms with Gasteiger partial charge < -0.3 is 34.0 Å². The predicted molar refractivity (Wildman–Crippen MR) is 189 cm³/mol. The number of ether oxygens (including phenoxy) is 3. The number of allylic oxidation sites excluding steroid dienone is 2. The number of methoxy groups -OCH3 is 1. The highest BCUT2D eigenvalue weighted by atomic mass is 16.5. The van der Waals surface area contributed by atoms with Crippen molar-refractivity contribution in [3.63, 3.8) is 0 Å². The highest BCUT2D eigenvalue weighted by Crippen LogP contribution is 2.32. The van der Waals surface area contributed by atoms with Crippen LogP contribution in [0.25, 0.3) is 22.1 Å². The zero-order chi connectivity index (χ0) is 35.2. The molecule has 15 heteroatoms. The van der Waals surface area contributed by atoms with E-state index in [9.17, 15) is 14.4 Å². The van der Waals surface area contributed by atoms with Crippen molar-refractivity contribution in [1.29, 1.82) is 0 Å². The Morgan fingerprint density at radius 1 is 0.940 bits per heavy atom. The molecule has 1 saturated heterocycles. The second kappa shape index (κ2) is 15.3. The molecule has 15 nitrogen and oxygen atoms in total. The van der Waals surface area contributed by atoms with E-state index in [-0.39, 0.29) is 18.0 Å². The molecule has 2 aromatic carbocycles. The number of aldehydes is 2. The third-order valence-corrected chi connectivity index (χ3v) is 8.42. The van der Waals surface area contributed by atoms with E-state index in [0.717, 1.165) is 36.9 Å². The molecule has 0 bridgehead atoms. The summed E-state index contributed by atoms with van der Waals surface area (Å²) in [5.74, 6) is 1.53. The van der Waals surface area contributed by atoms with Crippen molar-refractivity contribution >= 4 is 52.4 Å². The number of hydrogen-bond acceptors (Lipinski definition) is 11. The van der Waals surface area contributed by atoms with Gasteiger partial charge in [0.15, 0.2) is 0 Å². The van der Waals surface area contributed by atoms with Crippen LogP contribution in [0.3, 0.4) is 0 Å². The normalized spacial score (nSPS) is 13.2.